The third-order valence-electron chi connectivity index (χ3n) is 16.4. The van der Waals surface area contributed by atoms with Crippen molar-refractivity contribution in [2.75, 3.05) is 13.2 Å². The third kappa shape index (κ3) is 63.2. The average molecular weight is 1070 g/mol. The molecule has 0 aliphatic carbocycles. The molecule has 6 heteroatoms. The molecule has 6 nitrogen and oxygen atoms in total. The quantitative estimate of drug-likeness (QED) is 0.0343. The average Bonchev–Trinajstić information content (AvgIpc) is 3.42. The Kier molecular flexibility index (Phi) is 64.5. The summed E-state index contributed by atoms with van der Waals surface area (Å²) in [5.41, 5.74) is 0. The summed E-state index contributed by atoms with van der Waals surface area (Å²) in [6.07, 6.45) is 77.3. The van der Waals surface area contributed by atoms with Crippen molar-refractivity contribution in [3.05, 3.63) is 0 Å². The first kappa shape index (κ1) is 74.4. The molecule has 0 N–H and O–H groups in total. The van der Waals surface area contributed by atoms with Crippen LogP contribution in [0.25, 0.3) is 0 Å². The number of unbranched alkanes of at least 4 members (excludes halogenated alkanes) is 55. The van der Waals surface area contributed by atoms with Gasteiger partial charge >= 0.3 is 17.9 Å². The van der Waals surface area contributed by atoms with Gasteiger partial charge in [-0.1, -0.05) is 374 Å². The first-order chi connectivity index (χ1) is 37.5. The molecular weight excluding hydrogens is 937 g/mol. The van der Waals surface area contributed by atoms with Crippen LogP contribution in [-0.4, -0.2) is 37.2 Å². The Balaban J connectivity index is 4.02. The van der Waals surface area contributed by atoms with Crippen molar-refractivity contribution >= 4 is 17.9 Å². The molecule has 0 radical (unpaired) electrons. The molecular formula is C70H136O6. The number of esters is 3. The fraction of sp³-hybridized carbons (Fsp3) is 0.957. The first-order valence-corrected chi connectivity index (χ1v) is 35.0. The van der Waals surface area contributed by atoms with E-state index in [2.05, 4.69) is 20.8 Å². The van der Waals surface area contributed by atoms with Crippen molar-refractivity contribution in [1.82, 2.24) is 0 Å². The molecule has 0 aromatic rings. The summed E-state index contributed by atoms with van der Waals surface area (Å²) in [5, 5.41) is 0. The lowest BCUT2D eigenvalue weighted by atomic mass is 10.0. The molecule has 0 fully saturated rings. The second-order valence-corrected chi connectivity index (χ2v) is 24.2. The van der Waals surface area contributed by atoms with Crippen LogP contribution in [0.15, 0.2) is 0 Å². The van der Waals surface area contributed by atoms with Crippen molar-refractivity contribution in [1.29, 1.82) is 0 Å². The SMILES string of the molecule is CCCCCCCCCCCCCCCCCCCCCCCCCCCCCCC(=O)OCC(COC(=O)CCCCCCCCCC)OC(=O)CCCCCCCCCCCCCCCCCCCCCCCC. The van der Waals surface area contributed by atoms with Gasteiger partial charge < -0.3 is 14.2 Å². The van der Waals surface area contributed by atoms with Gasteiger partial charge in [-0.2, -0.15) is 0 Å². The van der Waals surface area contributed by atoms with E-state index in [1.807, 2.05) is 0 Å². The maximum atomic E-state index is 12.9. The largest absolute Gasteiger partial charge is 0.462 e. The second kappa shape index (κ2) is 65.9. The number of carbonyl (C=O) groups is 3. The van der Waals surface area contributed by atoms with Crippen LogP contribution in [0.2, 0.25) is 0 Å². The van der Waals surface area contributed by atoms with Gasteiger partial charge in [0, 0.05) is 19.3 Å². The Morgan fingerprint density at radius 3 is 0.526 bits per heavy atom. The van der Waals surface area contributed by atoms with Gasteiger partial charge in [-0.05, 0) is 19.3 Å². The van der Waals surface area contributed by atoms with E-state index >= 15 is 0 Å². The molecule has 0 rings (SSSR count). The highest BCUT2D eigenvalue weighted by atomic mass is 16.6. The fourth-order valence-electron chi connectivity index (χ4n) is 11.1. The van der Waals surface area contributed by atoms with Crippen LogP contribution in [0.4, 0.5) is 0 Å². The molecule has 0 amide bonds. The van der Waals surface area contributed by atoms with Gasteiger partial charge in [0.25, 0.3) is 0 Å². The van der Waals surface area contributed by atoms with Crippen molar-refractivity contribution in [3.8, 4) is 0 Å². The standard InChI is InChI=1S/C70H136O6/c1-4-7-10-13-16-19-21-23-25-27-29-31-33-34-35-36-37-38-40-41-43-45-47-49-51-54-57-60-63-69(72)75-66-67(65-74-68(71)62-59-56-53-18-15-12-9-6-3)76-70(73)64-61-58-55-52-50-48-46-44-42-39-32-30-28-26-24-22-20-17-14-11-8-5-2/h67H,4-66H2,1-3H3. The molecule has 0 heterocycles. The molecule has 0 bridgehead atoms. The normalized spacial score (nSPS) is 11.9. The summed E-state index contributed by atoms with van der Waals surface area (Å²) in [6.45, 7) is 6.71. The Morgan fingerprint density at radius 1 is 0.211 bits per heavy atom. The summed E-state index contributed by atoms with van der Waals surface area (Å²) >= 11 is 0. The lowest BCUT2D eigenvalue weighted by molar-refractivity contribution is -0.167. The molecule has 0 aliphatic heterocycles. The number of hydrogen-bond donors (Lipinski definition) is 0. The van der Waals surface area contributed by atoms with E-state index < -0.39 is 6.10 Å². The van der Waals surface area contributed by atoms with Gasteiger partial charge in [-0.15, -0.1) is 0 Å². The zero-order valence-electron chi connectivity index (χ0n) is 52.1. The van der Waals surface area contributed by atoms with Crippen LogP contribution < -0.4 is 0 Å². The van der Waals surface area contributed by atoms with Crippen LogP contribution in [0.3, 0.4) is 0 Å². The van der Waals surface area contributed by atoms with Crippen molar-refractivity contribution < 1.29 is 28.6 Å². The molecule has 0 aromatic carbocycles. The van der Waals surface area contributed by atoms with Crippen LogP contribution in [0.5, 0.6) is 0 Å². The zero-order valence-corrected chi connectivity index (χ0v) is 52.1. The minimum Gasteiger partial charge on any atom is -0.462 e. The number of carbonyl (C=O) groups excluding carboxylic acids is 3. The molecule has 76 heavy (non-hydrogen) atoms. The van der Waals surface area contributed by atoms with Crippen LogP contribution in [0, 0.1) is 0 Å². The number of ether oxygens (including phenoxy) is 3. The van der Waals surface area contributed by atoms with E-state index in [4.69, 9.17) is 14.2 Å². The van der Waals surface area contributed by atoms with Crippen molar-refractivity contribution in [2.45, 2.75) is 419 Å². The summed E-state index contributed by atoms with van der Waals surface area (Å²) in [6, 6.07) is 0. The monoisotopic (exact) mass is 1070 g/mol. The molecule has 1 unspecified atom stereocenters. The summed E-state index contributed by atoms with van der Waals surface area (Å²) in [7, 11) is 0. The van der Waals surface area contributed by atoms with E-state index in [0.29, 0.717) is 19.3 Å². The zero-order chi connectivity index (χ0) is 55.0. The maximum Gasteiger partial charge on any atom is 0.306 e. The van der Waals surface area contributed by atoms with Crippen LogP contribution >= 0.6 is 0 Å². The Morgan fingerprint density at radius 2 is 0.355 bits per heavy atom. The minimum atomic E-state index is -0.762. The fourth-order valence-corrected chi connectivity index (χ4v) is 11.1. The van der Waals surface area contributed by atoms with Gasteiger partial charge in [-0.3, -0.25) is 14.4 Å². The highest BCUT2D eigenvalue weighted by Gasteiger charge is 2.19. The van der Waals surface area contributed by atoms with Gasteiger partial charge in [0.1, 0.15) is 13.2 Å². The van der Waals surface area contributed by atoms with E-state index in [-0.39, 0.29) is 31.1 Å². The Labute approximate surface area is 476 Å². The van der Waals surface area contributed by atoms with Crippen LogP contribution in [-0.2, 0) is 28.6 Å². The number of hydrogen-bond acceptors (Lipinski definition) is 6. The summed E-state index contributed by atoms with van der Waals surface area (Å²) in [4.78, 5) is 38.2. The van der Waals surface area contributed by atoms with Crippen molar-refractivity contribution in [2.24, 2.45) is 0 Å². The highest BCUT2D eigenvalue weighted by molar-refractivity contribution is 5.71. The van der Waals surface area contributed by atoms with E-state index in [0.717, 1.165) is 57.8 Å². The van der Waals surface area contributed by atoms with Gasteiger partial charge in [0.15, 0.2) is 6.10 Å². The lowest BCUT2D eigenvalue weighted by Crippen LogP contribution is -2.30. The molecule has 452 valence electrons. The van der Waals surface area contributed by atoms with Gasteiger partial charge in [0.05, 0.1) is 0 Å². The smallest absolute Gasteiger partial charge is 0.306 e. The Bertz CT molecular complexity index is 1140. The van der Waals surface area contributed by atoms with Crippen molar-refractivity contribution in [3.63, 3.8) is 0 Å². The minimum absolute atomic E-state index is 0.0610. The summed E-state index contributed by atoms with van der Waals surface area (Å²) in [5.74, 6) is -0.830. The second-order valence-electron chi connectivity index (χ2n) is 24.2. The molecule has 1 atom stereocenters. The Hall–Kier alpha value is -1.59. The first-order valence-electron chi connectivity index (χ1n) is 35.0. The molecule has 0 spiro atoms. The van der Waals surface area contributed by atoms with Gasteiger partial charge in [-0.25, -0.2) is 0 Å². The van der Waals surface area contributed by atoms with Gasteiger partial charge in [0.2, 0.25) is 0 Å². The molecule has 0 saturated carbocycles. The lowest BCUT2D eigenvalue weighted by Gasteiger charge is -2.18. The molecule has 0 aliphatic rings. The van der Waals surface area contributed by atoms with Crippen LogP contribution in [0.1, 0.15) is 412 Å². The van der Waals surface area contributed by atoms with E-state index in [1.165, 1.54) is 315 Å². The summed E-state index contributed by atoms with van der Waals surface area (Å²) < 4.78 is 16.9. The predicted molar refractivity (Wildman–Crippen MR) is 330 cm³/mol. The predicted octanol–water partition coefficient (Wildman–Crippen LogP) is 23.8. The molecule has 0 aromatic heterocycles. The maximum absolute atomic E-state index is 12.9. The number of rotatable bonds is 66. The molecule has 0 saturated heterocycles. The van der Waals surface area contributed by atoms with E-state index in [9.17, 15) is 14.4 Å². The topological polar surface area (TPSA) is 78.9 Å². The van der Waals surface area contributed by atoms with E-state index in [1.54, 1.807) is 0 Å². The highest BCUT2D eigenvalue weighted by Crippen LogP contribution is 2.19. The third-order valence-corrected chi connectivity index (χ3v) is 16.4.